The van der Waals surface area contributed by atoms with Gasteiger partial charge in [-0.3, -0.25) is 0 Å². The zero-order valence-corrected chi connectivity index (χ0v) is 9.25. The van der Waals surface area contributed by atoms with Gasteiger partial charge in [0.1, 0.15) is 0 Å². The Hall–Kier alpha value is -0.290. The van der Waals surface area contributed by atoms with Crippen molar-refractivity contribution in [1.82, 2.24) is 9.36 Å². The van der Waals surface area contributed by atoms with Crippen molar-refractivity contribution in [3.8, 4) is 0 Å². The first-order valence-corrected chi connectivity index (χ1v) is 6.48. The topological polar surface area (TPSA) is 37.8 Å². The highest BCUT2D eigenvalue weighted by Gasteiger charge is 2.22. The fourth-order valence-electron chi connectivity index (χ4n) is 0.967. The van der Waals surface area contributed by atoms with Crippen LogP contribution in [0.3, 0.4) is 0 Å². The Kier molecular flexibility index (Phi) is 3.05. The van der Waals surface area contributed by atoms with Gasteiger partial charge in [0.05, 0.1) is 5.75 Å². The minimum atomic E-state index is 0.680. The summed E-state index contributed by atoms with van der Waals surface area (Å²) in [7, 11) is 0. The lowest BCUT2D eigenvalue weighted by atomic mass is 10.7. The van der Waals surface area contributed by atoms with E-state index in [9.17, 15) is 0 Å². The maximum atomic E-state index is 4.40. The van der Waals surface area contributed by atoms with Gasteiger partial charge in [-0.05, 0) is 18.6 Å². The van der Waals surface area contributed by atoms with E-state index in [4.69, 9.17) is 0 Å². The summed E-state index contributed by atoms with van der Waals surface area (Å²) in [6.07, 6.45) is 2.58. The third-order valence-electron chi connectivity index (χ3n) is 1.81. The molecular formula is C8H13N3S2. The molecule has 1 aromatic rings. The fourth-order valence-corrected chi connectivity index (χ4v) is 2.23. The summed E-state index contributed by atoms with van der Waals surface area (Å²) in [6, 6.07) is 0.680. The first kappa shape index (κ1) is 9.27. The normalized spacial score (nSPS) is 16.1. The first-order valence-electron chi connectivity index (χ1n) is 4.55. The molecule has 0 atom stereocenters. The number of nitrogens with one attached hydrogen (secondary N) is 1. The molecular weight excluding hydrogens is 202 g/mol. The molecule has 72 valence electrons. The van der Waals surface area contributed by atoms with E-state index in [1.54, 1.807) is 0 Å². The van der Waals surface area contributed by atoms with Crippen LogP contribution in [0.5, 0.6) is 0 Å². The quantitative estimate of drug-likeness (QED) is 0.818. The summed E-state index contributed by atoms with van der Waals surface area (Å²) >= 11 is 3.35. The third-order valence-corrected chi connectivity index (χ3v) is 3.36. The molecule has 3 nitrogen and oxygen atoms in total. The average molecular weight is 215 g/mol. The Labute approximate surface area is 86.5 Å². The van der Waals surface area contributed by atoms with Gasteiger partial charge in [0, 0.05) is 17.6 Å². The summed E-state index contributed by atoms with van der Waals surface area (Å²) in [5.41, 5.74) is 0. The Morgan fingerprint density at radius 3 is 3.15 bits per heavy atom. The lowest BCUT2D eigenvalue weighted by Gasteiger charge is -1.94. The molecule has 1 aliphatic carbocycles. The van der Waals surface area contributed by atoms with Crippen molar-refractivity contribution in [2.75, 3.05) is 11.1 Å². The molecule has 0 bridgehead atoms. The molecule has 1 heterocycles. The number of nitrogens with zero attached hydrogens (tertiary/aromatic N) is 2. The molecule has 1 aromatic heterocycles. The zero-order valence-electron chi connectivity index (χ0n) is 7.62. The molecule has 1 saturated carbocycles. The van der Waals surface area contributed by atoms with Gasteiger partial charge >= 0.3 is 0 Å². The number of rotatable bonds is 5. The van der Waals surface area contributed by atoms with E-state index < -0.39 is 0 Å². The Bertz CT molecular complexity index is 270. The van der Waals surface area contributed by atoms with E-state index in [1.165, 1.54) is 24.4 Å². The molecule has 1 N–H and O–H groups in total. The van der Waals surface area contributed by atoms with Gasteiger partial charge in [-0.2, -0.15) is 16.1 Å². The molecule has 13 heavy (non-hydrogen) atoms. The van der Waals surface area contributed by atoms with Crippen LogP contribution < -0.4 is 5.32 Å². The van der Waals surface area contributed by atoms with Crippen molar-refractivity contribution in [1.29, 1.82) is 0 Å². The SMILES string of the molecule is CCSCc1nsc(NC2CC2)n1. The number of hydrogen-bond acceptors (Lipinski definition) is 5. The maximum absolute atomic E-state index is 4.40. The van der Waals surface area contributed by atoms with E-state index in [0.29, 0.717) is 6.04 Å². The number of aromatic nitrogens is 2. The summed E-state index contributed by atoms with van der Waals surface area (Å²) < 4.78 is 4.28. The smallest absolute Gasteiger partial charge is 0.202 e. The lowest BCUT2D eigenvalue weighted by Crippen LogP contribution is -1.99. The molecule has 5 heteroatoms. The standard InChI is InChI=1S/C8H13N3S2/c1-2-12-5-7-10-8(13-11-7)9-6-3-4-6/h6H,2-5H2,1H3,(H,9,10,11). The molecule has 0 saturated heterocycles. The number of hydrogen-bond donors (Lipinski definition) is 1. The second-order valence-corrected chi connectivity index (χ2v) is 5.10. The minimum absolute atomic E-state index is 0.680. The van der Waals surface area contributed by atoms with Crippen LogP contribution in [0.15, 0.2) is 0 Å². The maximum Gasteiger partial charge on any atom is 0.202 e. The van der Waals surface area contributed by atoms with Crippen LogP contribution in [0.25, 0.3) is 0 Å². The average Bonchev–Trinajstić information content (AvgIpc) is 2.81. The molecule has 0 aromatic carbocycles. The lowest BCUT2D eigenvalue weighted by molar-refractivity contribution is 1.09. The minimum Gasteiger partial charge on any atom is -0.358 e. The van der Waals surface area contributed by atoms with Crippen molar-refractivity contribution in [3.63, 3.8) is 0 Å². The zero-order chi connectivity index (χ0) is 9.10. The van der Waals surface area contributed by atoms with Crippen LogP contribution in [0.1, 0.15) is 25.6 Å². The van der Waals surface area contributed by atoms with Crippen LogP contribution in [0.2, 0.25) is 0 Å². The number of anilines is 1. The van der Waals surface area contributed by atoms with Crippen molar-refractivity contribution < 1.29 is 0 Å². The van der Waals surface area contributed by atoms with Gasteiger partial charge in [-0.15, -0.1) is 0 Å². The van der Waals surface area contributed by atoms with E-state index in [2.05, 4.69) is 21.6 Å². The van der Waals surface area contributed by atoms with E-state index >= 15 is 0 Å². The van der Waals surface area contributed by atoms with Crippen molar-refractivity contribution in [3.05, 3.63) is 5.82 Å². The Morgan fingerprint density at radius 1 is 1.62 bits per heavy atom. The van der Waals surface area contributed by atoms with E-state index in [0.717, 1.165) is 22.5 Å². The van der Waals surface area contributed by atoms with Gasteiger partial charge in [0.25, 0.3) is 0 Å². The molecule has 0 amide bonds. The van der Waals surface area contributed by atoms with Crippen LogP contribution in [0.4, 0.5) is 5.13 Å². The van der Waals surface area contributed by atoms with Crippen LogP contribution in [-0.2, 0) is 5.75 Å². The van der Waals surface area contributed by atoms with E-state index in [-0.39, 0.29) is 0 Å². The molecule has 0 spiro atoms. The number of thioether (sulfide) groups is 1. The fraction of sp³-hybridized carbons (Fsp3) is 0.750. The predicted octanol–water partition coefficient (Wildman–Crippen LogP) is 2.37. The summed E-state index contributed by atoms with van der Waals surface area (Å²) in [4.78, 5) is 4.40. The Morgan fingerprint density at radius 2 is 2.46 bits per heavy atom. The first-order chi connectivity index (χ1) is 6.38. The van der Waals surface area contributed by atoms with Crippen molar-refractivity contribution in [2.45, 2.75) is 31.6 Å². The van der Waals surface area contributed by atoms with Gasteiger partial charge in [-0.1, -0.05) is 6.92 Å². The molecule has 0 aliphatic heterocycles. The summed E-state index contributed by atoms with van der Waals surface area (Å²) in [5.74, 6) is 3.05. The third kappa shape index (κ3) is 2.84. The predicted molar refractivity (Wildman–Crippen MR) is 58.4 cm³/mol. The van der Waals surface area contributed by atoms with Gasteiger partial charge < -0.3 is 5.32 Å². The largest absolute Gasteiger partial charge is 0.358 e. The summed E-state index contributed by atoms with van der Waals surface area (Å²) in [6.45, 7) is 2.15. The Balaban J connectivity index is 1.84. The molecule has 1 aliphatic rings. The van der Waals surface area contributed by atoms with Gasteiger partial charge in [-0.25, -0.2) is 4.98 Å². The molecule has 1 fully saturated rings. The van der Waals surface area contributed by atoms with E-state index in [1.807, 2.05) is 11.8 Å². The highest BCUT2D eigenvalue weighted by atomic mass is 32.2. The van der Waals surface area contributed by atoms with Crippen LogP contribution >= 0.6 is 23.3 Å². The molecule has 0 unspecified atom stereocenters. The van der Waals surface area contributed by atoms with Crippen LogP contribution in [-0.4, -0.2) is 21.2 Å². The van der Waals surface area contributed by atoms with Crippen molar-refractivity contribution in [2.24, 2.45) is 0 Å². The van der Waals surface area contributed by atoms with Gasteiger partial charge in [0.15, 0.2) is 5.82 Å². The highest BCUT2D eigenvalue weighted by molar-refractivity contribution is 7.98. The van der Waals surface area contributed by atoms with Crippen LogP contribution in [0, 0.1) is 0 Å². The monoisotopic (exact) mass is 215 g/mol. The summed E-state index contributed by atoms with van der Waals surface area (Å²) in [5, 5.41) is 4.34. The molecule has 2 rings (SSSR count). The van der Waals surface area contributed by atoms with Crippen molar-refractivity contribution >= 4 is 28.4 Å². The molecule has 0 radical (unpaired) electrons. The van der Waals surface area contributed by atoms with Gasteiger partial charge in [0.2, 0.25) is 5.13 Å². The second kappa shape index (κ2) is 4.28. The second-order valence-electron chi connectivity index (χ2n) is 3.07. The highest BCUT2D eigenvalue weighted by Crippen LogP contribution is 2.25.